The third kappa shape index (κ3) is 3.01. The summed E-state index contributed by atoms with van der Waals surface area (Å²) >= 11 is 0. The Labute approximate surface area is 104 Å². The van der Waals surface area contributed by atoms with Gasteiger partial charge in [0.05, 0.1) is 0 Å². The van der Waals surface area contributed by atoms with E-state index in [1.54, 1.807) is 0 Å². The van der Waals surface area contributed by atoms with E-state index < -0.39 is 0 Å². The van der Waals surface area contributed by atoms with Crippen LogP contribution in [-0.2, 0) is 6.42 Å². The van der Waals surface area contributed by atoms with Gasteiger partial charge in [-0.1, -0.05) is 32.0 Å². The lowest BCUT2D eigenvalue weighted by Crippen LogP contribution is -2.28. The van der Waals surface area contributed by atoms with Crippen molar-refractivity contribution in [2.45, 2.75) is 32.8 Å². The smallest absolute Gasteiger partial charge is 0.123 e. The Balaban J connectivity index is 1.94. The Hall–Kier alpha value is -1.02. The fraction of sp³-hybridized carbons (Fsp3) is 0.600. The molecular weight excluding hydrogens is 210 g/mol. The standard InChI is InChI=1S/C15H23NO/c1-11(2)13(10-16-3)9-14-8-12-6-4-5-7-15(12)17-14/h4-7,11,13-14,16H,8-10H2,1-3H3. The van der Waals surface area contributed by atoms with Gasteiger partial charge in [0.2, 0.25) is 0 Å². The summed E-state index contributed by atoms with van der Waals surface area (Å²) in [6, 6.07) is 8.41. The Morgan fingerprint density at radius 2 is 2.12 bits per heavy atom. The van der Waals surface area contributed by atoms with Crippen molar-refractivity contribution in [3.8, 4) is 5.75 Å². The molecule has 0 bridgehead atoms. The Morgan fingerprint density at radius 1 is 1.35 bits per heavy atom. The predicted molar refractivity (Wildman–Crippen MR) is 71.4 cm³/mol. The highest BCUT2D eigenvalue weighted by Gasteiger charge is 2.26. The SMILES string of the molecule is CNCC(CC1Cc2ccccc2O1)C(C)C. The number of nitrogens with one attached hydrogen (secondary N) is 1. The van der Waals surface area contributed by atoms with E-state index in [-0.39, 0.29) is 0 Å². The van der Waals surface area contributed by atoms with Gasteiger partial charge in [0, 0.05) is 6.42 Å². The molecule has 2 rings (SSSR count). The van der Waals surface area contributed by atoms with Crippen molar-refractivity contribution in [2.75, 3.05) is 13.6 Å². The number of fused-ring (bicyclic) bond motifs is 1. The molecule has 1 aliphatic heterocycles. The molecule has 0 aromatic heterocycles. The zero-order valence-corrected chi connectivity index (χ0v) is 11.1. The number of rotatable bonds is 5. The van der Waals surface area contributed by atoms with Crippen molar-refractivity contribution in [2.24, 2.45) is 11.8 Å². The van der Waals surface area contributed by atoms with Gasteiger partial charge in [0.25, 0.3) is 0 Å². The van der Waals surface area contributed by atoms with Gasteiger partial charge in [-0.05, 0) is 43.5 Å². The first-order valence-electron chi connectivity index (χ1n) is 6.60. The van der Waals surface area contributed by atoms with Gasteiger partial charge in [0.1, 0.15) is 11.9 Å². The minimum atomic E-state index is 0.369. The fourth-order valence-corrected chi connectivity index (χ4v) is 2.58. The third-order valence-electron chi connectivity index (χ3n) is 3.69. The quantitative estimate of drug-likeness (QED) is 0.844. The number of hydrogen-bond acceptors (Lipinski definition) is 2. The highest BCUT2D eigenvalue weighted by atomic mass is 16.5. The lowest BCUT2D eigenvalue weighted by atomic mass is 9.89. The van der Waals surface area contributed by atoms with E-state index in [1.165, 1.54) is 5.56 Å². The van der Waals surface area contributed by atoms with Crippen LogP contribution in [-0.4, -0.2) is 19.7 Å². The van der Waals surface area contributed by atoms with Gasteiger partial charge >= 0.3 is 0 Å². The van der Waals surface area contributed by atoms with Crippen molar-refractivity contribution in [1.29, 1.82) is 0 Å². The normalized spacial score (nSPS) is 20.1. The molecule has 1 aromatic carbocycles. The topological polar surface area (TPSA) is 21.3 Å². The largest absolute Gasteiger partial charge is 0.490 e. The maximum absolute atomic E-state index is 6.01. The second-order valence-corrected chi connectivity index (χ2v) is 5.35. The molecule has 2 nitrogen and oxygen atoms in total. The maximum Gasteiger partial charge on any atom is 0.123 e. The third-order valence-corrected chi connectivity index (χ3v) is 3.69. The van der Waals surface area contributed by atoms with Crippen LogP contribution in [0.2, 0.25) is 0 Å². The molecule has 1 N–H and O–H groups in total. The summed E-state index contributed by atoms with van der Waals surface area (Å²) in [7, 11) is 2.03. The van der Waals surface area contributed by atoms with Crippen LogP contribution in [0, 0.1) is 11.8 Å². The average Bonchev–Trinajstić information content (AvgIpc) is 2.70. The second-order valence-electron chi connectivity index (χ2n) is 5.35. The van der Waals surface area contributed by atoms with E-state index >= 15 is 0 Å². The summed E-state index contributed by atoms with van der Waals surface area (Å²) in [6.07, 6.45) is 2.59. The summed E-state index contributed by atoms with van der Waals surface area (Å²) in [4.78, 5) is 0. The fourth-order valence-electron chi connectivity index (χ4n) is 2.58. The number of hydrogen-bond donors (Lipinski definition) is 1. The molecule has 0 saturated heterocycles. The molecule has 1 aromatic rings. The van der Waals surface area contributed by atoms with Gasteiger partial charge in [-0.2, -0.15) is 0 Å². The van der Waals surface area contributed by atoms with Gasteiger partial charge in [-0.25, -0.2) is 0 Å². The van der Waals surface area contributed by atoms with Crippen LogP contribution in [0.15, 0.2) is 24.3 Å². The molecule has 0 fully saturated rings. The molecule has 94 valence electrons. The average molecular weight is 233 g/mol. The summed E-state index contributed by atoms with van der Waals surface area (Å²) in [6.45, 7) is 5.67. The van der Waals surface area contributed by atoms with Crippen molar-refractivity contribution in [1.82, 2.24) is 5.32 Å². The molecular formula is C15H23NO. The van der Waals surface area contributed by atoms with Crippen molar-refractivity contribution in [3.63, 3.8) is 0 Å². The van der Waals surface area contributed by atoms with Gasteiger partial charge in [-0.15, -0.1) is 0 Å². The zero-order chi connectivity index (χ0) is 12.3. The highest BCUT2D eigenvalue weighted by molar-refractivity contribution is 5.37. The van der Waals surface area contributed by atoms with Gasteiger partial charge < -0.3 is 10.1 Å². The lowest BCUT2D eigenvalue weighted by molar-refractivity contribution is 0.174. The van der Waals surface area contributed by atoms with Crippen LogP contribution >= 0.6 is 0 Å². The number of para-hydroxylation sites is 1. The van der Waals surface area contributed by atoms with E-state index in [4.69, 9.17) is 4.74 Å². The van der Waals surface area contributed by atoms with Crippen LogP contribution in [0.3, 0.4) is 0 Å². The summed E-state index contributed by atoms with van der Waals surface area (Å²) in [5.41, 5.74) is 1.37. The molecule has 17 heavy (non-hydrogen) atoms. The first-order chi connectivity index (χ1) is 8.20. The first-order valence-corrected chi connectivity index (χ1v) is 6.60. The molecule has 0 spiro atoms. The Bertz CT molecular complexity index is 337. The van der Waals surface area contributed by atoms with Crippen molar-refractivity contribution < 1.29 is 4.74 Å². The second kappa shape index (κ2) is 5.54. The molecule has 1 aliphatic rings. The van der Waals surface area contributed by atoms with Crippen LogP contribution in [0.5, 0.6) is 5.75 Å². The first kappa shape index (κ1) is 12.4. The number of ether oxygens (including phenoxy) is 1. The van der Waals surface area contributed by atoms with E-state index in [2.05, 4.69) is 43.4 Å². The van der Waals surface area contributed by atoms with Crippen molar-refractivity contribution >= 4 is 0 Å². The molecule has 2 heteroatoms. The van der Waals surface area contributed by atoms with Crippen LogP contribution < -0.4 is 10.1 Å². The monoisotopic (exact) mass is 233 g/mol. The summed E-state index contributed by atoms with van der Waals surface area (Å²) < 4.78 is 6.01. The van der Waals surface area contributed by atoms with E-state index in [0.717, 1.165) is 25.1 Å². The van der Waals surface area contributed by atoms with Gasteiger partial charge in [-0.3, -0.25) is 0 Å². The van der Waals surface area contributed by atoms with Crippen LogP contribution in [0.4, 0.5) is 0 Å². The molecule has 1 heterocycles. The zero-order valence-electron chi connectivity index (χ0n) is 11.1. The van der Waals surface area contributed by atoms with E-state index in [9.17, 15) is 0 Å². The van der Waals surface area contributed by atoms with Crippen LogP contribution in [0.25, 0.3) is 0 Å². The predicted octanol–water partition coefficient (Wildman–Crippen LogP) is 2.87. The minimum Gasteiger partial charge on any atom is -0.490 e. The van der Waals surface area contributed by atoms with Crippen molar-refractivity contribution in [3.05, 3.63) is 29.8 Å². The minimum absolute atomic E-state index is 0.369. The molecule has 2 atom stereocenters. The van der Waals surface area contributed by atoms with E-state index in [1.807, 2.05) is 7.05 Å². The van der Waals surface area contributed by atoms with E-state index in [0.29, 0.717) is 17.9 Å². The van der Waals surface area contributed by atoms with Gasteiger partial charge in [0.15, 0.2) is 0 Å². The lowest BCUT2D eigenvalue weighted by Gasteiger charge is -2.23. The molecule has 0 amide bonds. The number of benzene rings is 1. The molecule has 0 saturated carbocycles. The maximum atomic E-state index is 6.01. The molecule has 0 aliphatic carbocycles. The Kier molecular flexibility index (Phi) is 4.06. The van der Waals surface area contributed by atoms with Crippen LogP contribution in [0.1, 0.15) is 25.8 Å². The summed E-state index contributed by atoms with van der Waals surface area (Å²) in [5, 5.41) is 3.29. The molecule has 0 radical (unpaired) electrons. The summed E-state index contributed by atoms with van der Waals surface area (Å²) in [5.74, 6) is 2.48. The molecule has 2 unspecified atom stereocenters. The highest BCUT2D eigenvalue weighted by Crippen LogP contribution is 2.32. The Morgan fingerprint density at radius 3 is 2.76 bits per heavy atom.